The molecule has 0 atom stereocenters. The minimum Gasteiger partial charge on any atom is -0.428 e. The lowest BCUT2D eigenvalue weighted by atomic mass is 9.73. The van der Waals surface area contributed by atoms with E-state index in [0.29, 0.717) is 24.3 Å². The Hall–Kier alpha value is -3.32. The van der Waals surface area contributed by atoms with E-state index < -0.39 is 64.6 Å². The lowest BCUT2D eigenvalue weighted by Crippen LogP contribution is -2.54. The molecule has 0 bridgehead atoms. The van der Waals surface area contributed by atoms with Crippen LogP contribution in [0.15, 0.2) is 72.7 Å². The van der Waals surface area contributed by atoms with Crippen molar-refractivity contribution in [1.29, 1.82) is 0 Å². The first-order valence-corrected chi connectivity index (χ1v) is 8.23. The second-order valence-corrected chi connectivity index (χ2v) is 6.07. The Morgan fingerprint density at radius 3 is 0.970 bits per heavy atom. The van der Waals surface area contributed by atoms with Crippen LogP contribution in [0.1, 0.15) is 11.1 Å². The number of rotatable bonds is 6. The monoisotopic (exact) mass is 496 g/mol. The van der Waals surface area contributed by atoms with E-state index in [0.717, 1.165) is 0 Å². The fourth-order valence-corrected chi connectivity index (χ4v) is 2.81. The summed E-state index contributed by atoms with van der Waals surface area (Å²) >= 11 is 0. The maximum Gasteiger partial charge on any atom is 0.411 e. The van der Waals surface area contributed by atoms with Crippen LogP contribution in [0.4, 0.5) is 52.7 Å². The third-order valence-corrected chi connectivity index (χ3v) is 4.14. The average molecular weight is 496 g/mol. The SMILES string of the molecule is FC(F)=C(F)Oc1ccc(C(c2ccc(OC(F)=C(F)F)cc2)(C(F)(F)F)C(F)(F)F)cc1. The molecule has 0 amide bonds. The van der Waals surface area contributed by atoms with E-state index in [1.165, 1.54) is 0 Å². The number of benzene rings is 2. The lowest BCUT2D eigenvalue weighted by Gasteiger charge is -2.38. The molecule has 0 unspecified atom stereocenters. The third kappa shape index (κ3) is 5.20. The van der Waals surface area contributed by atoms with E-state index in [1.54, 1.807) is 0 Å². The summed E-state index contributed by atoms with van der Waals surface area (Å²) in [6.07, 6.45) is -17.9. The van der Waals surface area contributed by atoms with Gasteiger partial charge in [0.15, 0.2) is 0 Å². The van der Waals surface area contributed by atoms with Crippen molar-refractivity contribution >= 4 is 0 Å². The smallest absolute Gasteiger partial charge is 0.411 e. The molecule has 2 rings (SSSR count). The van der Waals surface area contributed by atoms with Gasteiger partial charge in [-0.2, -0.15) is 52.7 Å². The second-order valence-electron chi connectivity index (χ2n) is 6.07. The normalized spacial score (nSPS) is 12.2. The van der Waals surface area contributed by atoms with Crippen LogP contribution >= 0.6 is 0 Å². The Morgan fingerprint density at radius 1 is 0.485 bits per heavy atom. The van der Waals surface area contributed by atoms with Gasteiger partial charge in [-0.05, 0) is 35.4 Å². The number of hydrogen-bond donors (Lipinski definition) is 0. The minimum atomic E-state index is -6.05. The molecule has 2 aromatic rings. The van der Waals surface area contributed by atoms with E-state index >= 15 is 0 Å². The summed E-state index contributed by atoms with van der Waals surface area (Å²) in [6.45, 7) is 0. The van der Waals surface area contributed by atoms with Gasteiger partial charge in [-0.3, -0.25) is 0 Å². The number of ether oxygens (including phenoxy) is 2. The molecule has 0 saturated heterocycles. The molecule has 0 aliphatic rings. The predicted octanol–water partition coefficient (Wildman–Crippen LogP) is 7.93. The summed E-state index contributed by atoms with van der Waals surface area (Å²) in [7, 11) is 0. The molecule has 0 aliphatic heterocycles. The highest BCUT2D eigenvalue weighted by molar-refractivity contribution is 5.47. The van der Waals surface area contributed by atoms with E-state index in [9.17, 15) is 52.7 Å². The third-order valence-electron chi connectivity index (χ3n) is 4.14. The summed E-state index contributed by atoms with van der Waals surface area (Å²) in [5.74, 6) is -1.66. The summed E-state index contributed by atoms with van der Waals surface area (Å²) in [4.78, 5) is 0. The first kappa shape index (κ1) is 25.9. The highest BCUT2D eigenvalue weighted by atomic mass is 19.4. The molecule has 0 saturated carbocycles. The molecule has 33 heavy (non-hydrogen) atoms. The summed E-state index contributed by atoms with van der Waals surface area (Å²) in [5, 5.41) is 0. The molecule has 0 aliphatic carbocycles. The quantitative estimate of drug-likeness (QED) is 0.299. The molecule has 2 nitrogen and oxygen atoms in total. The molecule has 0 fully saturated rings. The fourth-order valence-electron chi connectivity index (χ4n) is 2.81. The minimum absolute atomic E-state index is 0.227. The zero-order valence-corrected chi connectivity index (χ0v) is 15.5. The molecular formula is C19H8F12O2. The van der Waals surface area contributed by atoms with Gasteiger partial charge in [-0.1, -0.05) is 24.3 Å². The Morgan fingerprint density at radius 2 is 0.758 bits per heavy atom. The van der Waals surface area contributed by atoms with Crippen molar-refractivity contribution in [2.24, 2.45) is 0 Å². The highest BCUT2D eigenvalue weighted by Gasteiger charge is 2.72. The molecule has 0 heterocycles. The summed E-state index contributed by atoms with van der Waals surface area (Å²) < 4.78 is 166. The highest BCUT2D eigenvalue weighted by Crippen LogP contribution is 2.56. The average Bonchev–Trinajstić information content (AvgIpc) is 2.68. The van der Waals surface area contributed by atoms with E-state index in [-0.39, 0.29) is 24.3 Å². The zero-order valence-electron chi connectivity index (χ0n) is 15.5. The van der Waals surface area contributed by atoms with Crippen molar-refractivity contribution in [3.63, 3.8) is 0 Å². The van der Waals surface area contributed by atoms with Crippen LogP contribution in [0.25, 0.3) is 0 Å². The fraction of sp³-hybridized carbons (Fsp3) is 0.158. The van der Waals surface area contributed by atoms with Gasteiger partial charge < -0.3 is 9.47 Å². The Kier molecular flexibility index (Phi) is 7.29. The van der Waals surface area contributed by atoms with Gasteiger partial charge >= 0.3 is 36.5 Å². The van der Waals surface area contributed by atoms with Crippen LogP contribution < -0.4 is 9.47 Å². The van der Waals surface area contributed by atoms with Crippen LogP contribution in [-0.4, -0.2) is 12.4 Å². The Balaban J connectivity index is 2.64. The largest absolute Gasteiger partial charge is 0.428 e. The summed E-state index contributed by atoms with van der Waals surface area (Å²) in [6, 6.07) is -2.34. The van der Waals surface area contributed by atoms with Crippen molar-refractivity contribution in [2.45, 2.75) is 17.8 Å². The summed E-state index contributed by atoms with van der Waals surface area (Å²) in [5.41, 5.74) is -7.64. The van der Waals surface area contributed by atoms with Gasteiger partial charge in [0.2, 0.25) is 5.41 Å². The lowest BCUT2D eigenvalue weighted by molar-refractivity contribution is -0.288. The van der Waals surface area contributed by atoms with Crippen LogP contribution in [0.5, 0.6) is 11.5 Å². The standard InChI is InChI=1S/C19H8F12O2/c20-13(21)15(24)32-11-5-1-9(2-6-11)17(18(26,27)28,19(29,30)31)10-3-7-12(8-4-10)33-16(25)14(22)23/h1-8H. The van der Waals surface area contributed by atoms with Gasteiger partial charge in [0, 0.05) is 0 Å². The zero-order chi connectivity index (χ0) is 25.2. The van der Waals surface area contributed by atoms with E-state index in [4.69, 9.17) is 0 Å². The number of alkyl halides is 6. The van der Waals surface area contributed by atoms with Gasteiger partial charge in [0.25, 0.3) is 0 Å². The van der Waals surface area contributed by atoms with Crippen LogP contribution in [0.2, 0.25) is 0 Å². The van der Waals surface area contributed by atoms with Gasteiger partial charge in [0.1, 0.15) is 11.5 Å². The maximum atomic E-state index is 14.0. The van der Waals surface area contributed by atoms with Crippen LogP contribution in [0.3, 0.4) is 0 Å². The molecular weight excluding hydrogens is 488 g/mol. The first-order chi connectivity index (χ1) is 15.1. The molecule has 0 N–H and O–H groups in total. The first-order valence-electron chi connectivity index (χ1n) is 8.23. The predicted molar refractivity (Wildman–Crippen MR) is 87.7 cm³/mol. The maximum absolute atomic E-state index is 14.0. The van der Waals surface area contributed by atoms with Gasteiger partial charge in [-0.15, -0.1) is 0 Å². The van der Waals surface area contributed by atoms with E-state index in [2.05, 4.69) is 9.47 Å². The number of halogens is 12. The van der Waals surface area contributed by atoms with Crippen molar-refractivity contribution in [1.82, 2.24) is 0 Å². The molecule has 0 radical (unpaired) electrons. The molecule has 14 heteroatoms. The van der Waals surface area contributed by atoms with Crippen LogP contribution in [-0.2, 0) is 5.41 Å². The topological polar surface area (TPSA) is 18.5 Å². The van der Waals surface area contributed by atoms with Gasteiger partial charge in [-0.25, -0.2) is 0 Å². The van der Waals surface area contributed by atoms with E-state index in [1.807, 2.05) is 0 Å². The molecule has 0 spiro atoms. The second kappa shape index (κ2) is 9.27. The molecule has 0 aromatic heterocycles. The Labute approximate surface area is 176 Å². The van der Waals surface area contributed by atoms with Crippen molar-refractivity contribution in [2.75, 3.05) is 0 Å². The molecule has 180 valence electrons. The van der Waals surface area contributed by atoms with Crippen molar-refractivity contribution in [3.8, 4) is 11.5 Å². The van der Waals surface area contributed by atoms with Crippen LogP contribution in [0, 0.1) is 0 Å². The van der Waals surface area contributed by atoms with Crippen molar-refractivity contribution < 1.29 is 62.2 Å². The number of hydrogen-bond acceptors (Lipinski definition) is 2. The Bertz CT molecular complexity index is 941. The molecule has 2 aromatic carbocycles. The van der Waals surface area contributed by atoms with Gasteiger partial charge in [0.05, 0.1) is 0 Å². The van der Waals surface area contributed by atoms with Crippen molar-refractivity contribution in [3.05, 3.63) is 83.8 Å².